The van der Waals surface area contributed by atoms with E-state index in [2.05, 4.69) is 36.6 Å². The number of rotatable bonds is 7. The molecule has 5 heteroatoms. The van der Waals surface area contributed by atoms with Gasteiger partial charge < -0.3 is 14.2 Å². The number of nitrogens with zero attached hydrogens (tertiary/aromatic N) is 3. The number of benzene rings is 3. The van der Waals surface area contributed by atoms with E-state index in [-0.39, 0.29) is 11.8 Å². The summed E-state index contributed by atoms with van der Waals surface area (Å²) < 4.78 is 8.18. The first kappa shape index (κ1) is 21.3. The minimum absolute atomic E-state index is 0.0709. The van der Waals surface area contributed by atoms with Crippen LogP contribution in [0.15, 0.2) is 72.8 Å². The zero-order valence-electron chi connectivity index (χ0n) is 19.2. The second-order valence-electron chi connectivity index (χ2n) is 8.80. The predicted molar refractivity (Wildman–Crippen MR) is 132 cm³/mol. The highest BCUT2D eigenvalue weighted by molar-refractivity contribution is 5.96. The molecule has 1 fully saturated rings. The van der Waals surface area contributed by atoms with Gasteiger partial charge in [-0.1, -0.05) is 36.4 Å². The quantitative estimate of drug-likeness (QED) is 0.350. The van der Waals surface area contributed by atoms with Crippen molar-refractivity contribution in [3.8, 4) is 5.75 Å². The van der Waals surface area contributed by atoms with Crippen LogP contribution in [0.1, 0.15) is 35.7 Å². The first-order valence-electron chi connectivity index (χ1n) is 11.6. The summed E-state index contributed by atoms with van der Waals surface area (Å²) in [5.41, 5.74) is 5.51. The number of amides is 1. The van der Waals surface area contributed by atoms with Gasteiger partial charge in [-0.3, -0.25) is 4.79 Å². The Balaban J connectivity index is 1.36. The lowest BCUT2D eigenvalue weighted by Crippen LogP contribution is -2.24. The molecule has 0 radical (unpaired) electrons. The summed E-state index contributed by atoms with van der Waals surface area (Å²) in [5, 5.41) is 0. The number of aromatic nitrogens is 2. The lowest BCUT2D eigenvalue weighted by Gasteiger charge is -2.18. The molecule has 1 aliphatic heterocycles. The van der Waals surface area contributed by atoms with Crippen molar-refractivity contribution in [3.05, 3.63) is 89.7 Å². The Labute approximate surface area is 194 Å². The Morgan fingerprint density at radius 2 is 1.76 bits per heavy atom. The third kappa shape index (κ3) is 4.36. The fourth-order valence-electron chi connectivity index (χ4n) is 4.59. The van der Waals surface area contributed by atoms with Crippen molar-refractivity contribution in [1.29, 1.82) is 0 Å². The van der Waals surface area contributed by atoms with Crippen molar-refractivity contribution >= 4 is 22.6 Å². The van der Waals surface area contributed by atoms with Crippen LogP contribution >= 0.6 is 0 Å². The van der Waals surface area contributed by atoms with E-state index in [9.17, 15) is 4.79 Å². The average molecular weight is 440 g/mol. The summed E-state index contributed by atoms with van der Waals surface area (Å²) in [4.78, 5) is 19.9. The number of ether oxygens (including phenoxy) is 1. The standard InChI is InChI=1S/C28H29N3O2/c1-20-13-14-23(17-21(20)2)31-19-22(18-27(31)32)28-29-25-11-6-7-12-26(25)30(28)15-8-16-33-24-9-4-3-5-10-24/h3-7,9-14,17,22H,8,15-16,18-19H2,1-2H3/t22-/m0/s1. The van der Waals surface area contributed by atoms with Gasteiger partial charge in [0.05, 0.1) is 17.6 Å². The number of aryl methyl sites for hydroxylation is 3. The highest BCUT2D eigenvalue weighted by Gasteiger charge is 2.34. The summed E-state index contributed by atoms with van der Waals surface area (Å²) in [6.45, 7) is 6.28. The molecular formula is C28H29N3O2. The van der Waals surface area contributed by atoms with Gasteiger partial charge in [0.15, 0.2) is 0 Å². The number of imidazole rings is 1. The average Bonchev–Trinajstić information content (AvgIpc) is 3.40. The Hall–Kier alpha value is -3.60. The summed E-state index contributed by atoms with van der Waals surface area (Å²) in [7, 11) is 0. The monoisotopic (exact) mass is 439 g/mol. The number of hydrogen-bond acceptors (Lipinski definition) is 3. The van der Waals surface area contributed by atoms with E-state index in [4.69, 9.17) is 9.72 Å². The van der Waals surface area contributed by atoms with E-state index in [1.807, 2.05) is 59.5 Å². The Morgan fingerprint density at radius 3 is 2.58 bits per heavy atom. The Kier molecular flexibility index (Phi) is 5.86. The smallest absolute Gasteiger partial charge is 0.227 e. The van der Waals surface area contributed by atoms with E-state index >= 15 is 0 Å². The summed E-state index contributed by atoms with van der Waals surface area (Å²) in [5.74, 6) is 2.12. The molecule has 1 saturated heterocycles. The molecule has 1 atom stereocenters. The number of fused-ring (bicyclic) bond motifs is 1. The van der Waals surface area contributed by atoms with Crippen LogP contribution < -0.4 is 9.64 Å². The van der Waals surface area contributed by atoms with E-state index in [0.29, 0.717) is 19.6 Å². The number of anilines is 1. The lowest BCUT2D eigenvalue weighted by atomic mass is 10.1. The molecule has 0 unspecified atom stereocenters. The molecule has 2 heterocycles. The van der Waals surface area contributed by atoms with Crippen molar-refractivity contribution in [2.45, 2.75) is 39.2 Å². The number of hydrogen-bond donors (Lipinski definition) is 0. The zero-order chi connectivity index (χ0) is 22.8. The van der Waals surface area contributed by atoms with E-state index in [0.717, 1.165) is 41.3 Å². The SMILES string of the molecule is Cc1ccc(N2C[C@@H](c3nc4ccccc4n3CCCOc3ccccc3)CC2=O)cc1C. The second kappa shape index (κ2) is 9.10. The fraction of sp³-hybridized carbons (Fsp3) is 0.286. The topological polar surface area (TPSA) is 47.4 Å². The molecule has 33 heavy (non-hydrogen) atoms. The molecule has 168 valence electrons. The largest absolute Gasteiger partial charge is 0.494 e. The van der Waals surface area contributed by atoms with E-state index < -0.39 is 0 Å². The third-order valence-corrected chi connectivity index (χ3v) is 6.51. The molecule has 1 aliphatic rings. The van der Waals surface area contributed by atoms with Gasteiger partial charge >= 0.3 is 0 Å². The van der Waals surface area contributed by atoms with Crippen LogP contribution in [0.25, 0.3) is 11.0 Å². The summed E-state index contributed by atoms with van der Waals surface area (Å²) in [6, 6.07) is 24.4. The summed E-state index contributed by atoms with van der Waals surface area (Å²) >= 11 is 0. The highest BCUT2D eigenvalue weighted by atomic mass is 16.5. The van der Waals surface area contributed by atoms with Crippen LogP contribution in [0.2, 0.25) is 0 Å². The first-order valence-corrected chi connectivity index (χ1v) is 11.6. The van der Waals surface area contributed by atoms with Crippen LogP contribution in [0.5, 0.6) is 5.75 Å². The van der Waals surface area contributed by atoms with Crippen LogP contribution in [-0.2, 0) is 11.3 Å². The lowest BCUT2D eigenvalue weighted by molar-refractivity contribution is -0.117. The van der Waals surface area contributed by atoms with Crippen molar-refractivity contribution in [1.82, 2.24) is 9.55 Å². The van der Waals surface area contributed by atoms with Gasteiger partial charge in [0.25, 0.3) is 0 Å². The Bertz CT molecular complexity index is 1280. The van der Waals surface area contributed by atoms with Crippen LogP contribution in [-0.4, -0.2) is 28.6 Å². The fourth-order valence-corrected chi connectivity index (χ4v) is 4.59. The molecule has 3 aromatic carbocycles. The first-order chi connectivity index (χ1) is 16.1. The number of para-hydroxylation sites is 3. The van der Waals surface area contributed by atoms with Crippen LogP contribution in [0.3, 0.4) is 0 Å². The number of carbonyl (C=O) groups is 1. The Morgan fingerprint density at radius 1 is 0.970 bits per heavy atom. The van der Waals surface area contributed by atoms with Gasteiger partial charge in [0.1, 0.15) is 11.6 Å². The van der Waals surface area contributed by atoms with Gasteiger partial charge in [0, 0.05) is 31.1 Å². The van der Waals surface area contributed by atoms with Gasteiger partial charge in [-0.2, -0.15) is 0 Å². The highest BCUT2D eigenvalue weighted by Crippen LogP contribution is 2.34. The normalized spacial score (nSPS) is 16.0. The maximum atomic E-state index is 13.0. The van der Waals surface area contributed by atoms with E-state index in [1.54, 1.807) is 0 Å². The van der Waals surface area contributed by atoms with Crippen molar-refractivity contribution in [2.75, 3.05) is 18.1 Å². The van der Waals surface area contributed by atoms with Gasteiger partial charge in [-0.25, -0.2) is 4.98 Å². The van der Waals surface area contributed by atoms with Gasteiger partial charge in [-0.15, -0.1) is 0 Å². The minimum atomic E-state index is 0.0709. The maximum Gasteiger partial charge on any atom is 0.227 e. The molecule has 4 aromatic rings. The van der Waals surface area contributed by atoms with Crippen molar-refractivity contribution < 1.29 is 9.53 Å². The molecule has 0 N–H and O–H groups in total. The molecule has 5 rings (SSSR count). The summed E-state index contributed by atoms with van der Waals surface area (Å²) in [6.07, 6.45) is 1.35. The van der Waals surface area contributed by atoms with Crippen LogP contribution in [0.4, 0.5) is 5.69 Å². The molecule has 0 aliphatic carbocycles. The molecule has 0 spiro atoms. The van der Waals surface area contributed by atoms with Crippen molar-refractivity contribution in [2.24, 2.45) is 0 Å². The van der Waals surface area contributed by atoms with E-state index in [1.165, 1.54) is 11.1 Å². The third-order valence-electron chi connectivity index (χ3n) is 6.51. The molecule has 1 aromatic heterocycles. The second-order valence-corrected chi connectivity index (χ2v) is 8.80. The molecule has 1 amide bonds. The van der Waals surface area contributed by atoms with Crippen molar-refractivity contribution in [3.63, 3.8) is 0 Å². The molecule has 5 nitrogen and oxygen atoms in total. The molecule has 0 bridgehead atoms. The van der Waals surface area contributed by atoms with Crippen LogP contribution in [0, 0.1) is 13.8 Å². The van der Waals surface area contributed by atoms with Gasteiger partial charge in [-0.05, 0) is 67.8 Å². The molecular weight excluding hydrogens is 410 g/mol. The maximum absolute atomic E-state index is 13.0. The molecule has 0 saturated carbocycles. The minimum Gasteiger partial charge on any atom is -0.494 e. The zero-order valence-corrected chi connectivity index (χ0v) is 19.2. The van der Waals surface area contributed by atoms with Gasteiger partial charge in [0.2, 0.25) is 5.91 Å². The predicted octanol–water partition coefficient (Wildman–Crippen LogP) is 5.64. The number of carbonyl (C=O) groups excluding carboxylic acids is 1.